The van der Waals surface area contributed by atoms with E-state index < -0.39 is 45.4 Å². The van der Waals surface area contributed by atoms with Crippen molar-refractivity contribution in [2.75, 3.05) is 19.6 Å². The summed E-state index contributed by atoms with van der Waals surface area (Å²) in [4.78, 5) is 26.8. The maximum absolute atomic E-state index is 13.9. The Labute approximate surface area is 288 Å². The largest absolute Gasteiger partial charge is 0.411 e. The summed E-state index contributed by atoms with van der Waals surface area (Å²) in [5, 5.41) is 32.1. The summed E-state index contributed by atoms with van der Waals surface area (Å²) in [6, 6.07) is 19.1. The molecule has 0 heterocycles. The average molecular weight is 698 g/mol. The zero-order valence-corrected chi connectivity index (χ0v) is 29.5. The molecule has 0 aliphatic carbocycles. The highest BCUT2D eigenvalue weighted by Gasteiger charge is 2.36. The van der Waals surface area contributed by atoms with Crippen LogP contribution in [0, 0.1) is 17.2 Å². The lowest BCUT2D eigenvalue weighted by Crippen LogP contribution is -2.59. The summed E-state index contributed by atoms with van der Waals surface area (Å²) in [5.41, 5.74) is 1.25. The number of aliphatic hydroxyl groups is 1. The third-order valence-corrected chi connectivity index (χ3v) is 9.56. The predicted molar refractivity (Wildman–Crippen MR) is 187 cm³/mol. The third kappa shape index (κ3) is 12.3. The van der Waals surface area contributed by atoms with Crippen LogP contribution in [-0.2, 0) is 32.6 Å². The Bertz CT molecular complexity index is 1650. The van der Waals surface area contributed by atoms with E-state index in [4.69, 9.17) is 5.21 Å². The molecule has 11 nitrogen and oxygen atoms in total. The average Bonchev–Trinajstić information content (AvgIpc) is 3.03. The van der Waals surface area contributed by atoms with Gasteiger partial charge in [-0.25, -0.2) is 12.8 Å². The highest BCUT2D eigenvalue weighted by molar-refractivity contribution is 7.89. The minimum Gasteiger partial charge on any atom is -0.411 e. The molecule has 5 N–H and O–H groups in total. The van der Waals surface area contributed by atoms with Crippen molar-refractivity contribution in [3.8, 4) is 0 Å². The standard InChI is InChI=1S/C36H48FN5O6S/c1-25(2)23-42(49(47,48)30-16-14-27(15-17-30)21-39-46)24-32(43)31(19-26-10-7-6-8-11-26)40-35(45)34(36(3,4)5)41-33(44)22-38-20-28-12-9-13-29(37)18-28/h6-18,21,25,31-32,34,38,43,46H,19-20,22-24H2,1-5H3,(H,40,45)(H,41,44)/b39-21+/t31-,32+,34?/m0/s1. The maximum Gasteiger partial charge on any atom is 0.243 e. The predicted octanol–water partition coefficient (Wildman–Crippen LogP) is 3.69. The lowest BCUT2D eigenvalue weighted by Gasteiger charge is -2.34. The Balaban J connectivity index is 1.82. The van der Waals surface area contributed by atoms with E-state index in [9.17, 15) is 27.5 Å². The molecule has 0 spiro atoms. The van der Waals surface area contributed by atoms with Crippen LogP contribution in [-0.4, -0.2) is 78.9 Å². The van der Waals surface area contributed by atoms with Crippen molar-refractivity contribution in [3.05, 3.63) is 101 Å². The number of sulfonamides is 1. The van der Waals surface area contributed by atoms with Crippen molar-refractivity contribution < 1.29 is 32.7 Å². The van der Waals surface area contributed by atoms with Crippen LogP contribution >= 0.6 is 0 Å². The number of carbonyl (C=O) groups is 2. The van der Waals surface area contributed by atoms with Crippen molar-refractivity contribution in [1.82, 2.24) is 20.3 Å². The third-order valence-electron chi connectivity index (χ3n) is 7.71. The molecule has 0 bridgehead atoms. The van der Waals surface area contributed by atoms with Gasteiger partial charge in [-0.05, 0) is 58.7 Å². The van der Waals surface area contributed by atoms with E-state index in [2.05, 4.69) is 21.1 Å². The molecular weight excluding hydrogens is 649 g/mol. The van der Waals surface area contributed by atoms with E-state index >= 15 is 0 Å². The van der Waals surface area contributed by atoms with Gasteiger partial charge in [0.2, 0.25) is 21.8 Å². The topological polar surface area (TPSA) is 160 Å². The number of benzene rings is 3. The summed E-state index contributed by atoms with van der Waals surface area (Å²) < 4.78 is 42.3. The Morgan fingerprint density at radius 3 is 2.18 bits per heavy atom. The second-order valence-electron chi connectivity index (χ2n) is 13.5. The fourth-order valence-corrected chi connectivity index (χ4v) is 6.85. The van der Waals surface area contributed by atoms with Crippen molar-refractivity contribution in [2.45, 2.75) is 70.7 Å². The van der Waals surface area contributed by atoms with Gasteiger partial charge in [-0.2, -0.15) is 4.31 Å². The van der Waals surface area contributed by atoms with Gasteiger partial charge < -0.3 is 26.3 Å². The first kappa shape index (κ1) is 39.3. The molecule has 0 aromatic heterocycles. The van der Waals surface area contributed by atoms with Gasteiger partial charge in [0, 0.05) is 19.6 Å². The molecule has 3 aromatic rings. The minimum absolute atomic E-state index is 0.000557. The second kappa shape index (κ2) is 18.0. The van der Waals surface area contributed by atoms with E-state index in [1.807, 2.05) is 44.2 Å². The fourth-order valence-electron chi connectivity index (χ4n) is 5.23. The van der Waals surface area contributed by atoms with Crippen molar-refractivity contribution in [3.63, 3.8) is 0 Å². The molecule has 0 fully saturated rings. The van der Waals surface area contributed by atoms with E-state index in [1.165, 1.54) is 46.9 Å². The molecule has 266 valence electrons. The molecule has 3 aromatic carbocycles. The van der Waals surface area contributed by atoms with Crippen LogP contribution in [0.5, 0.6) is 0 Å². The lowest BCUT2D eigenvalue weighted by molar-refractivity contribution is -0.132. The van der Waals surface area contributed by atoms with Crippen LogP contribution < -0.4 is 16.0 Å². The van der Waals surface area contributed by atoms with Gasteiger partial charge in [-0.1, -0.05) is 94.4 Å². The Kier molecular flexibility index (Phi) is 14.4. The van der Waals surface area contributed by atoms with E-state index in [1.54, 1.807) is 32.9 Å². The highest BCUT2D eigenvalue weighted by atomic mass is 32.2. The van der Waals surface area contributed by atoms with Crippen molar-refractivity contribution in [1.29, 1.82) is 0 Å². The zero-order chi connectivity index (χ0) is 36.2. The zero-order valence-electron chi connectivity index (χ0n) is 28.6. The number of hydrogen-bond acceptors (Lipinski definition) is 8. The van der Waals surface area contributed by atoms with E-state index in [0.717, 1.165) is 5.56 Å². The van der Waals surface area contributed by atoms with Gasteiger partial charge in [0.05, 0.1) is 29.8 Å². The van der Waals surface area contributed by atoms with Crippen LogP contribution in [0.25, 0.3) is 0 Å². The van der Waals surface area contributed by atoms with Gasteiger partial charge in [0.25, 0.3) is 0 Å². The van der Waals surface area contributed by atoms with Gasteiger partial charge in [0.15, 0.2) is 0 Å². The molecule has 0 saturated carbocycles. The monoisotopic (exact) mass is 697 g/mol. The molecule has 0 aliphatic heterocycles. The molecule has 1 unspecified atom stereocenters. The number of aliphatic hydroxyl groups excluding tert-OH is 1. The van der Waals surface area contributed by atoms with Crippen LogP contribution in [0.15, 0.2) is 88.9 Å². The van der Waals surface area contributed by atoms with E-state index in [0.29, 0.717) is 11.1 Å². The number of carbonyl (C=O) groups excluding carboxylic acids is 2. The van der Waals surface area contributed by atoms with Gasteiger partial charge in [-0.15, -0.1) is 0 Å². The molecule has 0 saturated heterocycles. The summed E-state index contributed by atoms with van der Waals surface area (Å²) in [7, 11) is -4.08. The number of oxime groups is 1. The first-order valence-electron chi connectivity index (χ1n) is 16.1. The fraction of sp³-hybridized carbons (Fsp3) is 0.417. The van der Waals surface area contributed by atoms with Crippen molar-refractivity contribution in [2.24, 2.45) is 16.5 Å². The Morgan fingerprint density at radius 1 is 0.939 bits per heavy atom. The molecule has 49 heavy (non-hydrogen) atoms. The first-order chi connectivity index (χ1) is 23.1. The molecule has 0 aliphatic rings. The van der Waals surface area contributed by atoms with Gasteiger partial charge in [0.1, 0.15) is 11.9 Å². The lowest BCUT2D eigenvalue weighted by atomic mass is 9.85. The Hall–Kier alpha value is -4.17. The summed E-state index contributed by atoms with van der Waals surface area (Å²) >= 11 is 0. The highest BCUT2D eigenvalue weighted by Crippen LogP contribution is 2.22. The molecule has 13 heteroatoms. The summed E-state index contributed by atoms with van der Waals surface area (Å²) in [6.45, 7) is 9.05. The van der Waals surface area contributed by atoms with Gasteiger partial charge >= 0.3 is 0 Å². The Morgan fingerprint density at radius 2 is 1.59 bits per heavy atom. The quantitative estimate of drug-likeness (QED) is 0.0817. The second-order valence-corrected chi connectivity index (χ2v) is 15.4. The summed E-state index contributed by atoms with van der Waals surface area (Å²) in [6.07, 6.45) is 0.0424. The first-order valence-corrected chi connectivity index (χ1v) is 17.6. The summed E-state index contributed by atoms with van der Waals surface area (Å²) in [5.74, 6) is -1.45. The van der Waals surface area contributed by atoms with Crippen LogP contribution in [0.3, 0.4) is 0 Å². The number of nitrogens with zero attached hydrogens (tertiary/aromatic N) is 2. The maximum atomic E-state index is 13.9. The molecule has 3 atom stereocenters. The van der Waals surface area contributed by atoms with E-state index in [-0.39, 0.29) is 49.2 Å². The van der Waals surface area contributed by atoms with Gasteiger partial charge in [-0.3, -0.25) is 9.59 Å². The number of nitrogens with one attached hydrogen (secondary N) is 3. The molecule has 3 rings (SSSR count). The van der Waals surface area contributed by atoms with Crippen LogP contribution in [0.4, 0.5) is 4.39 Å². The number of amides is 2. The van der Waals surface area contributed by atoms with Crippen LogP contribution in [0.2, 0.25) is 0 Å². The number of halogens is 1. The van der Waals surface area contributed by atoms with Crippen LogP contribution in [0.1, 0.15) is 51.3 Å². The molecule has 0 radical (unpaired) electrons. The number of hydrogen-bond donors (Lipinski definition) is 5. The molecular formula is C36H48FN5O6S. The SMILES string of the molecule is CC(C)CN(C[C@@H](O)[C@H](Cc1ccccc1)NC(=O)C(NC(=O)CNCc1cccc(F)c1)C(C)(C)C)S(=O)(=O)c1ccc(/C=N/O)cc1. The van der Waals surface area contributed by atoms with Crippen molar-refractivity contribution >= 4 is 28.1 Å². The number of rotatable bonds is 17. The minimum atomic E-state index is -4.08. The normalized spacial score (nSPS) is 14.1. The molecule has 2 amide bonds. The smallest absolute Gasteiger partial charge is 0.243 e.